The number of amides is 4. The number of likely N-dealkylation sites (N-methyl/N-ethyl adjacent to an activating group) is 2. The maximum atomic E-state index is 15.5. The van der Waals surface area contributed by atoms with Gasteiger partial charge >= 0.3 is 0 Å². The Kier molecular flexibility index (Phi) is 12.6. The lowest BCUT2D eigenvalue weighted by atomic mass is 9.99. The Hall–Kier alpha value is -5.03. The maximum absolute atomic E-state index is 15.5. The molecule has 8 atom stereocenters. The molecule has 5 N–H and O–H groups in total. The number of rotatable bonds is 15. The number of hydrogen-bond acceptors (Lipinski definition) is 7. The van der Waals surface area contributed by atoms with Crippen LogP contribution in [0, 0.1) is 23.5 Å². The summed E-state index contributed by atoms with van der Waals surface area (Å²) < 4.78 is 62.3. The van der Waals surface area contributed by atoms with E-state index in [1.54, 1.807) is 58.5 Å². The standard InChI is InChI=1S/C43H55F4N9O4/c1-21(2)36(52-40(57)22(3)48-5)42(59)55-19-28(47)14-30(55)20-56-35-12-10-26(45)16-34(35)51-39(56)38-32(31-11-9-25(44)15-33(31)50-38)17-29-13-27(46)18-54(29)43(60)37(24-7-8-24)53-41(58)23(4)49-6/h9-12,15-16,21-24,27-30,36-37,48-50H,7-8,13-14,17-20H2,1-6H3,(H,52,57)(H,53,58)/t22-,23-,27-,28-,29-,30-,36-,37-/m0/s1. The van der Waals surface area contributed by atoms with E-state index in [0.717, 1.165) is 12.8 Å². The van der Waals surface area contributed by atoms with Gasteiger partial charge in [0.2, 0.25) is 23.6 Å². The van der Waals surface area contributed by atoms with Gasteiger partial charge in [-0.15, -0.1) is 0 Å². The molecule has 60 heavy (non-hydrogen) atoms. The fraction of sp³-hybridized carbons (Fsp3) is 0.558. The monoisotopic (exact) mass is 837 g/mol. The van der Waals surface area contributed by atoms with Gasteiger partial charge in [-0.25, -0.2) is 22.5 Å². The number of halogens is 4. The molecule has 2 aromatic heterocycles. The summed E-state index contributed by atoms with van der Waals surface area (Å²) in [5.41, 5.74) is 2.21. The number of aromatic amines is 1. The van der Waals surface area contributed by atoms with E-state index in [1.165, 1.54) is 34.1 Å². The lowest BCUT2D eigenvalue weighted by Gasteiger charge is -2.32. The molecular weight excluding hydrogens is 783 g/mol. The molecule has 2 aromatic carbocycles. The number of carbonyl (C=O) groups is 4. The highest BCUT2D eigenvalue weighted by Gasteiger charge is 2.45. The summed E-state index contributed by atoms with van der Waals surface area (Å²) in [6.07, 6.45) is -1.03. The fourth-order valence-electron chi connectivity index (χ4n) is 8.68. The van der Waals surface area contributed by atoms with Gasteiger partial charge in [0.05, 0.1) is 47.9 Å². The third kappa shape index (κ3) is 8.74. The first-order valence-electron chi connectivity index (χ1n) is 20.9. The van der Waals surface area contributed by atoms with Crippen LogP contribution >= 0.6 is 0 Å². The molecule has 1 saturated carbocycles. The molecule has 2 aliphatic heterocycles. The van der Waals surface area contributed by atoms with Crippen molar-refractivity contribution in [2.45, 2.75) is 115 Å². The number of likely N-dealkylation sites (tertiary alicyclic amines) is 2. The molecule has 1 aliphatic carbocycles. The van der Waals surface area contributed by atoms with Crippen LogP contribution in [0.4, 0.5) is 17.6 Å². The van der Waals surface area contributed by atoms with E-state index in [0.29, 0.717) is 33.5 Å². The van der Waals surface area contributed by atoms with Crippen molar-refractivity contribution >= 4 is 45.6 Å². The van der Waals surface area contributed by atoms with Crippen LogP contribution in [0.2, 0.25) is 0 Å². The van der Waals surface area contributed by atoms with Gasteiger partial charge in [0.25, 0.3) is 0 Å². The van der Waals surface area contributed by atoms with Crippen LogP contribution in [-0.2, 0) is 32.1 Å². The molecule has 3 aliphatic rings. The van der Waals surface area contributed by atoms with Crippen molar-refractivity contribution in [3.63, 3.8) is 0 Å². The topological polar surface area (TPSA) is 156 Å². The van der Waals surface area contributed by atoms with E-state index in [4.69, 9.17) is 4.98 Å². The molecule has 0 spiro atoms. The normalized spacial score (nSPS) is 22.7. The third-order valence-electron chi connectivity index (χ3n) is 12.5. The average molecular weight is 838 g/mol. The van der Waals surface area contributed by atoms with E-state index < -0.39 is 66.1 Å². The maximum Gasteiger partial charge on any atom is 0.245 e. The predicted octanol–water partition coefficient (Wildman–Crippen LogP) is 4.13. The van der Waals surface area contributed by atoms with E-state index >= 15 is 8.78 Å². The molecule has 4 heterocycles. The van der Waals surface area contributed by atoms with E-state index in [9.17, 15) is 28.0 Å². The summed E-state index contributed by atoms with van der Waals surface area (Å²) in [7, 11) is 3.28. The highest BCUT2D eigenvalue weighted by Crippen LogP contribution is 2.39. The van der Waals surface area contributed by atoms with Gasteiger partial charge in [-0.1, -0.05) is 13.8 Å². The number of alkyl halides is 2. The Bertz CT molecular complexity index is 2110. The Labute approximate surface area is 346 Å². The van der Waals surface area contributed by atoms with Crippen molar-refractivity contribution in [3.8, 4) is 11.5 Å². The third-order valence-corrected chi connectivity index (χ3v) is 12.5. The number of carbonyl (C=O) groups excluding carboxylic acids is 4. The molecule has 324 valence electrons. The molecule has 0 unspecified atom stereocenters. The average Bonchev–Trinajstić information content (AvgIpc) is 3.58. The fourth-order valence-corrected chi connectivity index (χ4v) is 8.68. The molecule has 0 bridgehead atoms. The largest absolute Gasteiger partial charge is 0.352 e. The molecule has 4 amide bonds. The Morgan fingerprint density at radius 3 is 2.05 bits per heavy atom. The van der Waals surface area contributed by atoms with Crippen LogP contribution in [0.15, 0.2) is 36.4 Å². The number of fused-ring (bicyclic) bond motifs is 2. The smallest absolute Gasteiger partial charge is 0.245 e. The lowest BCUT2D eigenvalue weighted by molar-refractivity contribution is -0.139. The molecule has 13 nitrogen and oxygen atoms in total. The number of H-pyrrole nitrogens is 1. The van der Waals surface area contributed by atoms with Gasteiger partial charge in [0.1, 0.15) is 36.1 Å². The van der Waals surface area contributed by atoms with Crippen LogP contribution in [0.3, 0.4) is 0 Å². The molecule has 0 radical (unpaired) electrons. The Morgan fingerprint density at radius 1 is 0.817 bits per heavy atom. The first-order valence-corrected chi connectivity index (χ1v) is 20.9. The second-order valence-electron chi connectivity index (χ2n) is 17.1. The summed E-state index contributed by atoms with van der Waals surface area (Å²) in [4.78, 5) is 65.5. The number of aromatic nitrogens is 3. The second-order valence-corrected chi connectivity index (χ2v) is 17.1. The number of imidazole rings is 1. The Balaban J connectivity index is 1.27. The zero-order valence-corrected chi connectivity index (χ0v) is 34.8. The minimum absolute atomic E-state index is 0.00860. The van der Waals surface area contributed by atoms with Crippen molar-refractivity contribution in [2.75, 3.05) is 27.2 Å². The molecule has 3 fully saturated rings. The molecule has 17 heteroatoms. The molecule has 7 rings (SSSR count). The second kappa shape index (κ2) is 17.5. The molecule has 2 saturated heterocycles. The summed E-state index contributed by atoms with van der Waals surface area (Å²) in [5.74, 6) is -2.63. The van der Waals surface area contributed by atoms with Crippen LogP contribution < -0.4 is 21.3 Å². The lowest BCUT2D eigenvalue weighted by Crippen LogP contribution is -2.55. The van der Waals surface area contributed by atoms with Crippen LogP contribution in [0.1, 0.15) is 58.9 Å². The van der Waals surface area contributed by atoms with Crippen molar-refractivity contribution in [1.82, 2.24) is 45.6 Å². The van der Waals surface area contributed by atoms with Gasteiger partial charge in [0, 0.05) is 42.4 Å². The highest BCUT2D eigenvalue weighted by molar-refractivity contribution is 5.93. The van der Waals surface area contributed by atoms with Gasteiger partial charge in [-0.2, -0.15) is 0 Å². The van der Waals surface area contributed by atoms with Gasteiger partial charge in [-0.05, 0) is 94.9 Å². The van der Waals surface area contributed by atoms with Crippen molar-refractivity contribution in [1.29, 1.82) is 0 Å². The van der Waals surface area contributed by atoms with Gasteiger partial charge in [-0.3, -0.25) is 19.2 Å². The quantitative estimate of drug-likeness (QED) is 0.113. The zero-order chi connectivity index (χ0) is 43.2. The van der Waals surface area contributed by atoms with Crippen LogP contribution in [-0.4, -0.2) is 124 Å². The molecule has 4 aromatic rings. The van der Waals surface area contributed by atoms with Crippen LogP contribution in [0.5, 0.6) is 0 Å². The van der Waals surface area contributed by atoms with E-state index in [1.807, 2.05) is 0 Å². The summed E-state index contributed by atoms with van der Waals surface area (Å²) >= 11 is 0. The number of hydrogen-bond donors (Lipinski definition) is 5. The van der Waals surface area contributed by atoms with E-state index in [-0.39, 0.29) is 74.0 Å². The zero-order valence-electron chi connectivity index (χ0n) is 34.8. The summed E-state index contributed by atoms with van der Waals surface area (Å²) in [6, 6.07) is 4.14. The number of benzene rings is 2. The first kappa shape index (κ1) is 43.1. The van der Waals surface area contributed by atoms with Crippen molar-refractivity contribution < 1.29 is 36.7 Å². The van der Waals surface area contributed by atoms with Crippen molar-refractivity contribution in [3.05, 3.63) is 53.6 Å². The highest BCUT2D eigenvalue weighted by atomic mass is 19.1. The first-order chi connectivity index (χ1) is 28.6. The predicted molar refractivity (Wildman–Crippen MR) is 219 cm³/mol. The summed E-state index contributed by atoms with van der Waals surface area (Å²) in [6.45, 7) is 6.65. The summed E-state index contributed by atoms with van der Waals surface area (Å²) in [5, 5.41) is 12.1. The SMILES string of the molecule is CN[C@@H](C)C(=O)N[C@H](C(=O)N1C[C@@H](F)C[C@H]1Cn1c(-c2[nH]c3cc(F)ccc3c2C[C@@H]2C[C@H](F)CN2C(=O)[C@@H](NC(=O)[C@H](C)NC)C2CC2)nc2cc(F)ccc21)C(C)C. The Morgan fingerprint density at radius 2 is 1.42 bits per heavy atom. The number of nitrogens with zero attached hydrogens (tertiary/aromatic N) is 4. The number of nitrogens with one attached hydrogen (secondary N) is 5. The minimum atomic E-state index is -1.36. The van der Waals surface area contributed by atoms with Crippen molar-refractivity contribution in [2.24, 2.45) is 11.8 Å². The van der Waals surface area contributed by atoms with E-state index in [2.05, 4.69) is 26.3 Å². The van der Waals surface area contributed by atoms with Gasteiger partial charge in [0.15, 0.2) is 5.82 Å². The van der Waals surface area contributed by atoms with Gasteiger partial charge < -0.3 is 40.6 Å². The van der Waals surface area contributed by atoms with Crippen LogP contribution in [0.25, 0.3) is 33.5 Å². The molecular formula is C43H55F4N9O4. The minimum Gasteiger partial charge on any atom is -0.352 e.